The Morgan fingerprint density at radius 2 is 1.86 bits per heavy atom. The van der Waals surface area contributed by atoms with Gasteiger partial charge in [0.25, 0.3) is 5.91 Å². The van der Waals surface area contributed by atoms with Crippen molar-refractivity contribution in [1.29, 1.82) is 0 Å². The first-order valence-electron chi connectivity index (χ1n) is 15.8. The molecule has 18 heteroatoms. The van der Waals surface area contributed by atoms with Crippen molar-refractivity contribution in [3.8, 4) is 22.5 Å². The maximum atomic E-state index is 14.9. The number of hydrogen-bond donors (Lipinski definition) is 2. The average molecular weight is 744 g/mol. The first-order valence-corrected chi connectivity index (χ1v) is 18.2. The van der Waals surface area contributed by atoms with Crippen LogP contribution in [0.15, 0.2) is 66.2 Å². The molecular formula is C33H36ClF2N9O5S. The minimum absolute atomic E-state index is 0.0151. The van der Waals surface area contributed by atoms with Gasteiger partial charge in [-0.25, -0.2) is 27.9 Å². The summed E-state index contributed by atoms with van der Waals surface area (Å²) in [5.74, 6) is -0.239. The smallest absolute Gasteiger partial charge is 0.409 e. The van der Waals surface area contributed by atoms with E-state index < -0.39 is 50.6 Å². The molecule has 2 aromatic heterocycles. The minimum atomic E-state index is -3.34. The third-order valence-corrected chi connectivity index (χ3v) is 10.7. The third-order valence-electron chi connectivity index (χ3n) is 8.84. The quantitative estimate of drug-likeness (QED) is 0.231. The molecule has 2 aliphatic heterocycles. The zero-order valence-electron chi connectivity index (χ0n) is 28.1. The fourth-order valence-electron chi connectivity index (χ4n) is 6.29. The fourth-order valence-corrected chi connectivity index (χ4v) is 7.40. The number of amides is 2. The first-order chi connectivity index (χ1) is 24.0. The van der Waals surface area contributed by atoms with Gasteiger partial charge in [-0.2, -0.15) is 19.0 Å². The predicted octanol–water partition coefficient (Wildman–Crippen LogP) is 4.78. The molecule has 3 N–H and O–H groups in total. The Hall–Kier alpha value is -4.90. The van der Waals surface area contributed by atoms with Crippen LogP contribution in [-0.2, 0) is 24.9 Å². The van der Waals surface area contributed by atoms with E-state index in [1.165, 1.54) is 28.5 Å². The molecule has 2 aromatic carbocycles. The molecule has 270 valence electrons. The van der Waals surface area contributed by atoms with Gasteiger partial charge in [-0.15, -0.1) is 0 Å². The summed E-state index contributed by atoms with van der Waals surface area (Å²) >= 11 is 6.53. The van der Waals surface area contributed by atoms with Gasteiger partial charge in [0, 0.05) is 36.7 Å². The zero-order valence-corrected chi connectivity index (χ0v) is 29.7. The molecule has 0 saturated carbocycles. The highest BCUT2D eigenvalue weighted by atomic mass is 35.5. The lowest BCUT2D eigenvalue weighted by Crippen LogP contribution is -2.57. The molecule has 6 rings (SSSR count). The summed E-state index contributed by atoms with van der Waals surface area (Å²) in [5.41, 5.74) is 7.21. The molecule has 51 heavy (non-hydrogen) atoms. The van der Waals surface area contributed by atoms with E-state index in [9.17, 15) is 26.8 Å². The van der Waals surface area contributed by atoms with Crippen molar-refractivity contribution < 1.29 is 31.5 Å². The first kappa shape index (κ1) is 35.9. The summed E-state index contributed by atoms with van der Waals surface area (Å²) in [7, 11) is -3.34. The van der Waals surface area contributed by atoms with Gasteiger partial charge in [0.05, 0.1) is 22.5 Å². The summed E-state index contributed by atoms with van der Waals surface area (Å²) in [6.07, 6.45) is 4.48. The molecule has 2 atom stereocenters. The van der Waals surface area contributed by atoms with Crippen LogP contribution >= 0.6 is 11.6 Å². The second kappa shape index (κ2) is 13.3. The normalized spacial score (nSPS) is 19.0. The highest BCUT2D eigenvalue weighted by Crippen LogP contribution is 2.45. The molecule has 1 fully saturated rings. The van der Waals surface area contributed by atoms with E-state index >= 15 is 0 Å². The molecule has 1 saturated heterocycles. The van der Waals surface area contributed by atoms with Crippen LogP contribution in [0, 0.1) is 5.41 Å². The Balaban J connectivity index is 1.36. The molecular weight excluding hydrogens is 708 g/mol. The Morgan fingerprint density at radius 1 is 1.16 bits per heavy atom. The summed E-state index contributed by atoms with van der Waals surface area (Å²) in [6.45, 7) is 2.70. The lowest BCUT2D eigenvalue weighted by Gasteiger charge is -2.38. The minimum Gasteiger partial charge on any atom is -0.447 e. The van der Waals surface area contributed by atoms with Gasteiger partial charge in [-0.05, 0) is 40.7 Å². The molecule has 4 aromatic rings. The van der Waals surface area contributed by atoms with Gasteiger partial charge in [-0.3, -0.25) is 14.8 Å². The van der Waals surface area contributed by atoms with Gasteiger partial charge in [0.1, 0.15) is 12.9 Å². The van der Waals surface area contributed by atoms with Crippen molar-refractivity contribution in [1.82, 2.24) is 34.8 Å². The Labute approximate surface area is 297 Å². The second-order valence-electron chi connectivity index (χ2n) is 13.8. The number of nitrogens with two attached hydrogens (primary N) is 1. The van der Waals surface area contributed by atoms with E-state index in [0.29, 0.717) is 43.3 Å². The van der Waals surface area contributed by atoms with Crippen molar-refractivity contribution in [2.75, 3.05) is 26.0 Å². The van der Waals surface area contributed by atoms with Crippen LogP contribution in [0.3, 0.4) is 0 Å². The number of guanidine groups is 1. The average Bonchev–Trinajstić information content (AvgIpc) is 3.78. The standard InChI is InChI=1S/C33H36ClF2N9O5S/c1-32(2,3)17-33(22-8-5-19(6-9-22)21-12-40-44(13-21)29(35)36)28(46)45(30(37)41-33)26(16-50-31(47)43-14-23(15-43)51(4,48)49)20-7-10-25(34)24(11-20)27-38-18-39-42-27/h5-13,18,23,26,29H,14-17H2,1-4H3,(H2,37,41)(H,38,39,42)/t26-,33-/m1/s1. The van der Waals surface area contributed by atoms with Gasteiger partial charge in [-0.1, -0.05) is 62.7 Å². The molecule has 0 unspecified atom stereocenters. The van der Waals surface area contributed by atoms with Gasteiger partial charge in [0.15, 0.2) is 27.2 Å². The second-order valence-corrected chi connectivity index (χ2v) is 16.6. The number of nitrogens with one attached hydrogen (secondary N) is 1. The van der Waals surface area contributed by atoms with E-state index in [2.05, 4.69) is 20.3 Å². The Morgan fingerprint density at radius 3 is 2.45 bits per heavy atom. The van der Waals surface area contributed by atoms with Crippen LogP contribution in [0.4, 0.5) is 13.6 Å². The molecule has 0 aliphatic carbocycles. The maximum absolute atomic E-state index is 14.9. The number of hydrogen-bond acceptors (Lipinski definition) is 10. The highest BCUT2D eigenvalue weighted by molar-refractivity contribution is 7.91. The van der Waals surface area contributed by atoms with Crippen molar-refractivity contribution in [2.24, 2.45) is 16.1 Å². The van der Waals surface area contributed by atoms with Gasteiger partial charge < -0.3 is 15.4 Å². The van der Waals surface area contributed by atoms with Crippen molar-refractivity contribution >= 4 is 39.4 Å². The van der Waals surface area contributed by atoms with Crippen molar-refractivity contribution in [2.45, 2.75) is 50.6 Å². The largest absolute Gasteiger partial charge is 0.447 e. The van der Waals surface area contributed by atoms with E-state index in [4.69, 9.17) is 27.1 Å². The van der Waals surface area contributed by atoms with Crippen LogP contribution in [-0.4, -0.2) is 92.3 Å². The third kappa shape index (κ3) is 7.17. The number of aliphatic imine (C=N–C) groups is 1. The SMILES string of the molecule is CC(C)(C)C[C@]1(c2ccc(-c3cnn(C(F)F)c3)cc2)N=C(N)N([C@H](COC(=O)N2CC(S(C)(=O)=O)C2)c2ccc(Cl)c(-c3ncn[nH]3)c2)C1=O. The molecule has 0 bridgehead atoms. The maximum Gasteiger partial charge on any atom is 0.409 e. The molecule has 0 spiro atoms. The Kier molecular flexibility index (Phi) is 9.39. The van der Waals surface area contributed by atoms with Gasteiger partial charge >= 0.3 is 12.6 Å². The van der Waals surface area contributed by atoms with Crippen LogP contribution in [0.25, 0.3) is 22.5 Å². The Bertz CT molecular complexity index is 2080. The molecule has 2 aliphatic rings. The molecule has 2 amide bonds. The molecule has 0 radical (unpaired) electrons. The van der Waals surface area contributed by atoms with E-state index in [1.54, 1.807) is 42.5 Å². The van der Waals surface area contributed by atoms with Crippen LogP contribution in [0.2, 0.25) is 5.02 Å². The van der Waals surface area contributed by atoms with E-state index in [1.807, 2.05) is 20.8 Å². The number of likely N-dealkylation sites (tertiary alicyclic amines) is 1. The number of sulfone groups is 1. The monoisotopic (exact) mass is 743 g/mol. The number of rotatable bonds is 10. The molecule has 14 nitrogen and oxygen atoms in total. The lowest BCUT2D eigenvalue weighted by molar-refractivity contribution is -0.135. The summed E-state index contributed by atoms with van der Waals surface area (Å²) < 4.78 is 56.5. The number of carbonyl (C=O) groups excluding carboxylic acids is 2. The number of H-pyrrole nitrogens is 1. The molecule has 4 heterocycles. The predicted molar refractivity (Wildman–Crippen MR) is 184 cm³/mol. The highest BCUT2D eigenvalue weighted by Gasteiger charge is 2.53. The number of ether oxygens (including phenoxy) is 1. The van der Waals surface area contributed by atoms with Crippen molar-refractivity contribution in [3.63, 3.8) is 0 Å². The number of benzene rings is 2. The summed E-state index contributed by atoms with van der Waals surface area (Å²) in [5, 5.41) is 10.0. The van der Waals surface area contributed by atoms with Gasteiger partial charge in [0.2, 0.25) is 0 Å². The number of carbonyl (C=O) groups is 2. The lowest BCUT2D eigenvalue weighted by atomic mass is 9.75. The van der Waals surface area contributed by atoms with Crippen LogP contribution in [0.1, 0.15) is 50.9 Å². The topological polar surface area (TPSA) is 182 Å². The number of aromatic amines is 1. The van der Waals surface area contributed by atoms with E-state index in [-0.39, 0.29) is 32.1 Å². The number of aromatic nitrogens is 5. The summed E-state index contributed by atoms with van der Waals surface area (Å²) in [4.78, 5) is 39.6. The van der Waals surface area contributed by atoms with Crippen LogP contribution in [0.5, 0.6) is 0 Å². The summed E-state index contributed by atoms with van der Waals surface area (Å²) in [6, 6.07) is 10.8. The number of alkyl halides is 2. The number of halogens is 3. The number of nitrogens with zero attached hydrogens (tertiary/aromatic N) is 7. The van der Waals surface area contributed by atoms with Crippen LogP contribution < -0.4 is 5.73 Å². The fraction of sp³-hybridized carbons (Fsp3) is 0.394. The van der Waals surface area contributed by atoms with E-state index in [0.717, 1.165) is 6.26 Å². The van der Waals surface area contributed by atoms with Crippen molar-refractivity contribution in [3.05, 3.63) is 77.3 Å². The zero-order chi connectivity index (χ0) is 36.9.